The molecule has 1 aromatic carbocycles. The molecule has 0 spiro atoms. The van der Waals surface area contributed by atoms with Gasteiger partial charge in [-0.15, -0.1) is 0 Å². The number of hydrogen-bond acceptors (Lipinski definition) is 2. The maximum Gasteiger partial charge on any atom is 0.128 e. The van der Waals surface area contributed by atoms with Crippen LogP contribution in [0.15, 0.2) is 22.7 Å². The average molecular weight is 290 g/mol. The zero-order valence-electron chi connectivity index (χ0n) is 9.50. The summed E-state index contributed by atoms with van der Waals surface area (Å²) in [6.07, 6.45) is 0.667. The Bertz CT molecular complexity index is 346. The third-order valence-electron chi connectivity index (χ3n) is 2.52. The first-order valence-corrected chi connectivity index (χ1v) is 6.15. The summed E-state index contributed by atoms with van der Waals surface area (Å²) in [6, 6.07) is 5.01. The predicted octanol–water partition coefficient (Wildman–Crippen LogP) is 3.01. The Balaban J connectivity index is 2.72. The molecule has 4 heteroatoms. The molecule has 1 rings (SSSR count). The zero-order chi connectivity index (χ0) is 12.1. The van der Waals surface area contributed by atoms with E-state index < -0.39 is 0 Å². The molecule has 2 unspecified atom stereocenters. The van der Waals surface area contributed by atoms with E-state index >= 15 is 0 Å². The zero-order valence-corrected chi connectivity index (χ0v) is 11.1. The molecule has 0 radical (unpaired) electrons. The normalized spacial score (nSPS) is 14.8. The van der Waals surface area contributed by atoms with Crippen LogP contribution in [0, 0.1) is 5.82 Å². The van der Waals surface area contributed by atoms with Gasteiger partial charge in [0.15, 0.2) is 0 Å². The first kappa shape index (κ1) is 13.6. The van der Waals surface area contributed by atoms with Crippen LogP contribution in [0.4, 0.5) is 4.39 Å². The molecule has 0 saturated heterocycles. The largest absolute Gasteiger partial charge is 0.396 e. The van der Waals surface area contributed by atoms with Gasteiger partial charge >= 0.3 is 0 Å². The summed E-state index contributed by atoms with van der Waals surface area (Å²) in [5.74, 6) is -0.209. The van der Waals surface area contributed by atoms with Gasteiger partial charge in [-0.2, -0.15) is 0 Å². The molecule has 2 atom stereocenters. The molecule has 0 fully saturated rings. The van der Waals surface area contributed by atoms with Crippen LogP contribution >= 0.6 is 15.9 Å². The highest BCUT2D eigenvalue weighted by Gasteiger charge is 2.13. The molecule has 90 valence electrons. The predicted molar refractivity (Wildman–Crippen MR) is 66.8 cm³/mol. The quantitative estimate of drug-likeness (QED) is 0.873. The highest BCUT2D eigenvalue weighted by molar-refractivity contribution is 9.10. The summed E-state index contributed by atoms with van der Waals surface area (Å²) >= 11 is 3.33. The Morgan fingerprint density at radius 2 is 2.12 bits per heavy atom. The minimum atomic E-state index is -0.209. The van der Waals surface area contributed by atoms with Crippen LogP contribution < -0.4 is 5.32 Å². The summed E-state index contributed by atoms with van der Waals surface area (Å²) < 4.78 is 14.4. The van der Waals surface area contributed by atoms with Crippen molar-refractivity contribution in [3.8, 4) is 0 Å². The Labute approximate surface area is 104 Å². The van der Waals surface area contributed by atoms with E-state index in [1.54, 1.807) is 12.1 Å². The molecule has 2 nitrogen and oxygen atoms in total. The van der Waals surface area contributed by atoms with Crippen LogP contribution in [-0.2, 0) is 0 Å². The fourth-order valence-corrected chi connectivity index (χ4v) is 2.02. The van der Waals surface area contributed by atoms with Crippen LogP contribution in [0.5, 0.6) is 0 Å². The summed E-state index contributed by atoms with van der Waals surface area (Å²) in [5, 5.41) is 12.0. The molecule has 0 heterocycles. The fraction of sp³-hybridized carbons (Fsp3) is 0.500. The van der Waals surface area contributed by atoms with Crippen molar-refractivity contribution in [3.63, 3.8) is 0 Å². The number of benzene rings is 1. The lowest BCUT2D eigenvalue weighted by molar-refractivity contribution is 0.264. The van der Waals surface area contributed by atoms with Gasteiger partial charge in [0, 0.05) is 28.7 Å². The summed E-state index contributed by atoms with van der Waals surface area (Å²) in [6.45, 7) is 4.03. The van der Waals surface area contributed by atoms with Gasteiger partial charge in [-0.1, -0.05) is 15.9 Å². The Morgan fingerprint density at radius 1 is 1.44 bits per heavy atom. The van der Waals surface area contributed by atoms with Crippen molar-refractivity contribution in [1.82, 2.24) is 5.32 Å². The number of halogens is 2. The standard InChI is InChI=1S/C12H17BrFNO/c1-8(5-6-16)15-9(2)11-7-10(13)3-4-12(11)14/h3-4,7-9,15-16H,5-6H2,1-2H3. The van der Waals surface area contributed by atoms with E-state index in [0.717, 1.165) is 4.47 Å². The summed E-state index contributed by atoms with van der Waals surface area (Å²) in [7, 11) is 0. The molecule has 16 heavy (non-hydrogen) atoms. The lowest BCUT2D eigenvalue weighted by Gasteiger charge is -2.20. The van der Waals surface area contributed by atoms with Gasteiger partial charge in [-0.25, -0.2) is 4.39 Å². The van der Waals surface area contributed by atoms with E-state index in [-0.39, 0.29) is 24.5 Å². The minimum Gasteiger partial charge on any atom is -0.396 e. The first-order chi connectivity index (χ1) is 7.54. The highest BCUT2D eigenvalue weighted by atomic mass is 79.9. The van der Waals surface area contributed by atoms with E-state index in [0.29, 0.717) is 12.0 Å². The lowest BCUT2D eigenvalue weighted by Crippen LogP contribution is -2.30. The van der Waals surface area contributed by atoms with Crippen molar-refractivity contribution < 1.29 is 9.50 Å². The topological polar surface area (TPSA) is 32.3 Å². The second-order valence-corrected chi connectivity index (χ2v) is 4.88. The molecule has 0 aromatic heterocycles. The van der Waals surface area contributed by atoms with Crippen LogP contribution in [-0.4, -0.2) is 17.8 Å². The van der Waals surface area contributed by atoms with Gasteiger partial charge in [0.05, 0.1) is 0 Å². The van der Waals surface area contributed by atoms with Crippen molar-refractivity contribution in [1.29, 1.82) is 0 Å². The molecule has 0 saturated carbocycles. The Hall–Kier alpha value is -0.450. The molecule has 1 aromatic rings. The maximum atomic E-state index is 13.5. The smallest absolute Gasteiger partial charge is 0.128 e. The monoisotopic (exact) mass is 289 g/mol. The minimum absolute atomic E-state index is 0.0703. The van der Waals surface area contributed by atoms with Gasteiger partial charge in [-0.3, -0.25) is 0 Å². The number of rotatable bonds is 5. The SMILES string of the molecule is CC(CCO)NC(C)c1cc(Br)ccc1F. The number of hydrogen-bond donors (Lipinski definition) is 2. The summed E-state index contributed by atoms with van der Waals surface area (Å²) in [5.41, 5.74) is 0.638. The molecular weight excluding hydrogens is 273 g/mol. The fourth-order valence-electron chi connectivity index (χ4n) is 1.64. The maximum absolute atomic E-state index is 13.5. The van der Waals surface area contributed by atoms with Crippen molar-refractivity contribution in [2.75, 3.05) is 6.61 Å². The van der Waals surface area contributed by atoms with Crippen LogP contribution in [0.1, 0.15) is 31.9 Å². The van der Waals surface area contributed by atoms with Gasteiger partial charge in [0.1, 0.15) is 5.82 Å². The molecule has 0 aliphatic heterocycles. The first-order valence-electron chi connectivity index (χ1n) is 5.36. The molecule has 0 aliphatic rings. The molecule has 0 aliphatic carbocycles. The number of nitrogens with one attached hydrogen (secondary N) is 1. The van der Waals surface area contributed by atoms with Crippen molar-refractivity contribution in [2.45, 2.75) is 32.4 Å². The van der Waals surface area contributed by atoms with Crippen molar-refractivity contribution in [2.24, 2.45) is 0 Å². The second-order valence-electron chi connectivity index (χ2n) is 3.97. The van der Waals surface area contributed by atoms with Gasteiger partial charge in [0.2, 0.25) is 0 Å². The molecule has 0 amide bonds. The van der Waals surface area contributed by atoms with Crippen LogP contribution in [0.2, 0.25) is 0 Å². The van der Waals surface area contributed by atoms with Crippen LogP contribution in [0.3, 0.4) is 0 Å². The van der Waals surface area contributed by atoms with E-state index in [1.807, 2.05) is 13.8 Å². The van der Waals surface area contributed by atoms with Crippen molar-refractivity contribution >= 4 is 15.9 Å². The number of aliphatic hydroxyl groups is 1. The van der Waals surface area contributed by atoms with E-state index in [2.05, 4.69) is 21.2 Å². The summed E-state index contributed by atoms with van der Waals surface area (Å²) in [4.78, 5) is 0. The molecule has 2 N–H and O–H groups in total. The molecular formula is C12H17BrFNO. The van der Waals surface area contributed by atoms with Crippen molar-refractivity contribution in [3.05, 3.63) is 34.1 Å². The van der Waals surface area contributed by atoms with Gasteiger partial charge in [0.25, 0.3) is 0 Å². The number of aliphatic hydroxyl groups excluding tert-OH is 1. The van der Waals surface area contributed by atoms with Gasteiger partial charge < -0.3 is 10.4 Å². The third kappa shape index (κ3) is 3.85. The second kappa shape index (κ2) is 6.33. The Morgan fingerprint density at radius 3 is 2.75 bits per heavy atom. The van der Waals surface area contributed by atoms with E-state index in [1.165, 1.54) is 6.07 Å². The van der Waals surface area contributed by atoms with Gasteiger partial charge in [-0.05, 0) is 38.5 Å². The lowest BCUT2D eigenvalue weighted by atomic mass is 10.1. The Kier molecular flexibility index (Phi) is 5.38. The third-order valence-corrected chi connectivity index (χ3v) is 3.01. The van der Waals surface area contributed by atoms with Crippen LogP contribution in [0.25, 0.3) is 0 Å². The highest BCUT2D eigenvalue weighted by Crippen LogP contribution is 2.22. The molecule has 0 bridgehead atoms. The average Bonchev–Trinajstić information content (AvgIpc) is 2.21. The van der Waals surface area contributed by atoms with E-state index in [9.17, 15) is 4.39 Å². The van der Waals surface area contributed by atoms with E-state index in [4.69, 9.17) is 5.11 Å².